The highest BCUT2D eigenvalue weighted by Crippen LogP contribution is 2.19. The van der Waals surface area contributed by atoms with Gasteiger partial charge in [-0.05, 0) is 29.7 Å². The molecule has 0 aliphatic carbocycles. The summed E-state index contributed by atoms with van der Waals surface area (Å²) in [6.45, 7) is 6.72. The maximum atomic E-state index is 13.1. The predicted molar refractivity (Wildman–Crippen MR) is 116 cm³/mol. The van der Waals surface area contributed by atoms with Crippen LogP contribution in [0, 0.1) is 5.92 Å². The zero-order valence-electron chi connectivity index (χ0n) is 17.9. The summed E-state index contributed by atoms with van der Waals surface area (Å²) < 4.78 is 5.22. The molecular weight excluding hydrogens is 364 g/mol. The molecule has 2 rings (SSSR count). The van der Waals surface area contributed by atoms with Gasteiger partial charge in [0.25, 0.3) is 0 Å². The van der Waals surface area contributed by atoms with Crippen LogP contribution in [0.3, 0.4) is 0 Å². The molecule has 0 heterocycles. The van der Waals surface area contributed by atoms with Gasteiger partial charge in [0, 0.05) is 25.4 Å². The number of ether oxygens (including phenoxy) is 1. The van der Waals surface area contributed by atoms with Crippen molar-refractivity contribution in [1.82, 2.24) is 10.2 Å². The third-order valence-electron chi connectivity index (χ3n) is 4.79. The molecule has 0 saturated carbocycles. The third kappa shape index (κ3) is 6.63. The maximum Gasteiger partial charge on any atom is 0.243 e. The minimum Gasteiger partial charge on any atom is -0.497 e. The van der Waals surface area contributed by atoms with Crippen LogP contribution in [0.5, 0.6) is 5.75 Å². The predicted octanol–water partition coefficient (Wildman–Crippen LogP) is 3.82. The van der Waals surface area contributed by atoms with Crippen LogP contribution in [0.15, 0.2) is 54.6 Å². The van der Waals surface area contributed by atoms with Crippen LogP contribution in [0.1, 0.15) is 38.3 Å². The van der Waals surface area contributed by atoms with E-state index >= 15 is 0 Å². The lowest BCUT2D eigenvalue weighted by Gasteiger charge is -2.32. The van der Waals surface area contributed by atoms with Crippen molar-refractivity contribution in [2.75, 3.05) is 13.7 Å². The molecule has 0 radical (unpaired) electrons. The average Bonchev–Trinajstić information content (AvgIpc) is 2.75. The molecule has 5 heteroatoms. The van der Waals surface area contributed by atoms with E-state index in [1.54, 1.807) is 12.0 Å². The number of hydrogen-bond acceptors (Lipinski definition) is 3. The lowest BCUT2D eigenvalue weighted by molar-refractivity contribution is -0.143. The minimum absolute atomic E-state index is 0.0339. The molecule has 0 saturated heterocycles. The largest absolute Gasteiger partial charge is 0.497 e. The molecule has 5 nitrogen and oxygen atoms in total. The summed E-state index contributed by atoms with van der Waals surface area (Å²) >= 11 is 0. The Hall–Kier alpha value is -2.82. The number of rotatable bonds is 10. The van der Waals surface area contributed by atoms with Crippen molar-refractivity contribution in [3.63, 3.8) is 0 Å². The van der Waals surface area contributed by atoms with E-state index in [2.05, 4.69) is 5.32 Å². The Labute approximate surface area is 174 Å². The van der Waals surface area contributed by atoms with E-state index in [9.17, 15) is 9.59 Å². The number of nitrogens with zero attached hydrogens (tertiary/aromatic N) is 1. The monoisotopic (exact) mass is 396 g/mol. The summed E-state index contributed by atoms with van der Waals surface area (Å²) in [5.41, 5.74) is 1.99. The minimum atomic E-state index is -0.569. The van der Waals surface area contributed by atoms with Crippen LogP contribution >= 0.6 is 0 Å². The fourth-order valence-electron chi connectivity index (χ4n) is 3.15. The molecule has 29 heavy (non-hydrogen) atoms. The number of amides is 2. The fourth-order valence-corrected chi connectivity index (χ4v) is 3.15. The number of carbonyl (C=O) groups excluding carboxylic acids is 2. The van der Waals surface area contributed by atoms with Gasteiger partial charge in [-0.3, -0.25) is 9.59 Å². The van der Waals surface area contributed by atoms with Gasteiger partial charge in [0.05, 0.1) is 7.11 Å². The number of methoxy groups -OCH3 is 1. The van der Waals surface area contributed by atoms with E-state index in [0.717, 1.165) is 23.3 Å². The Kier molecular flexibility index (Phi) is 8.71. The molecule has 1 atom stereocenters. The summed E-state index contributed by atoms with van der Waals surface area (Å²) in [5.74, 6) is 0.411. The van der Waals surface area contributed by atoms with E-state index in [0.29, 0.717) is 19.5 Å². The lowest BCUT2D eigenvalue weighted by atomic mass is 10.0. The highest BCUT2D eigenvalue weighted by atomic mass is 16.5. The normalized spacial score (nSPS) is 11.8. The Bertz CT molecular complexity index is 772. The second-order valence-corrected chi connectivity index (χ2v) is 7.47. The van der Waals surface area contributed by atoms with Gasteiger partial charge in [-0.25, -0.2) is 0 Å². The van der Waals surface area contributed by atoms with Gasteiger partial charge in [-0.1, -0.05) is 63.2 Å². The van der Waals surface area contributed by atoms with Crippen molar-refractivity contribution >= 4 is 11.8 Å². The molecule has 0 aliphatic rings. The van der Waals surface area contributed by atoms with E-state index < -0.39 is 6.04 Å². The van der Waals surface area contributed by atoms with Gasteiger partial charge in [-0.15, -0.1) is 0 Å². The zero-order valence-corrected chi connectivity index (χ0v) is 17.9. The first-order valence-corrected chi connectivity index (χ1v) is 10.2. The van der Waals surface area contributed by atoms with Crippen molar-refractivity contribution in [2.24, 2.45) is 5.92 Å². The standard InChI is InChI=1S/C24H32N2O3/c1-5-15-25-23(27)22(16-19-9-7-6-8-10-19)26(24(28)18(2)3)17-20-11-13-21(29-4)14-12-20/h6-14,18,22H,5,15-17H2,1-4H3,(H,25,27)/t22-/m0/s1. The third-order valence-corrected chi connectivity index (χ3v) is 4.79. The number of carbonyl (C=O) groups is 2. The van der Waals surface area contributed by atoms with Gasteiger partial charge in [0.2, 0.25) is 11.8 Å². The first-order chi connectivity index (χ1) is 14.0. The van der Waals surface area contributed by atoms with Crippen molar-refractivity contribution in [3.8, 4) is 5.75 Å². The molecule has 2 amide bonds. The van der Waals surface area contributed by atoms with Gasteiger partial charge < -0.3 is 15.0 Å². The van der Waals surface area contributed by atoms with E-state index in [4.69, 9.17) is 4.74 Å². The molecule has 2 aromatic rings. The summed E-state index contributed by atoms with van der Waals surface area (Å²) in [6, 6.07) is 16.9. The molecule has 0 unspecified atom stereocenters. The summed E-state index contributed by atoms with van der Waals surface area (Å²) in [7, 11) is 1.62. The van der Waals surface area contributed by atoms with Crippen LogP contribution in [0.2, 0.25) is 0 Å². The van der Waals surface area contributed by atoms with Gasteiger partial charge >= 0.3 is 0 Å². The highest BCUT2D eigenvalue weighted by Gasteiger charge is 2.31. The van der Waals surface area contributed by atoms with Crippen molar-refractivity contribution in [2.45, 2.75) is 46.2 Å². The van der Waals surface area contributed by atoms with Gasteiger partial charge in [0.1, 0.15) is 11.8 Å². The van der Waals surface area contributed by atoms with Crippen molar-refractivity contribution in [1.29, 1.82) is 0 Å². The van der Waals surface area contributed by atoms with Crippen molar-refractivity contribution in [3.05, 3.63) is 65.7 Å². The Morgan fingerprint density at radius 3 is 2.21 bits per heavy atom. The van der Waals surface area contributed by atoms with Crippen LogP contribution in [-0.4, -0.2) is 36.4 Å². The molecule has 2 aromatic carbocycles. The molecule has 0 aliphatic heterocycles. The fraction of sp³-hybridized carbons (Fsp3) is 0.417. The van der Waals surface area contributed by atoms with Crippen LogP contribution < -0.4 is 10.1 Å². The summed E-state index contributed by atoms with van der Waals surface area (Å²) in [4.78, 5) is 27.9. The lowest BCUT2D eigenvalue weighted by Crippen LogP contribution is -2.51. The highest BCUT2D eigenvalue weighted by molar-refractivity contribution is 5.88. The maximum absolute atomic E-state index is 13.1. The molecular formula is C24H32N2O3. The first kappa shape index (κ1) is 22.5. The Morgan fingerprint density at radius 1 is 1.00 bits per heavy atom. The molecule has 0 fully saturated rings. The summed E-state index contributed by atoms with van der Waals surface area (Å²) in [6.07, 6.45) is 1.32. The van der Waals surface area contributed by atoms with E-state index in [1.165, 1.54) is 0 Å². The molecule has 1 N–H and O–H groups in total. The smallest absolute Gasteiger partial charge is 0.243 e. The van der Waals surface area contributed by atoms with Gasteiger partial charge in [0.15, 0.2) is 0 Å². The Balaban J connectivity index is 2.35. The quantitative estimate of drug-likeness (QED) is 0.664. The van der Waals surface area contributed by atoms with Crippen LogP contribution in [0.4, 0.5) is 0 Å². The first-order valence-electron chi connectivity index (χ1n) is 10.2. The zero-order chi connectivity index (χ0) is 21.2. The average molecular weight is 397 g/mol. The van der Waals surface area contributed by atoms with Gasteiger partial charge in [-0.2, -0.15) is 0 Å². The van der Waals surface area contributed by atoms with Crippen molar-refractivity contribution < 1.29 is 14.3 Å². The van der Waals surface area contributed by atoms with Crippen LogP contribution in [0.25, 0.3) is 0 Å². The number of benzene rings is 2. The topological polar surface area (TPSA) is 58.6 Å². The molecule has 0 spiro atoms. The van der Waals surface area contributed by atoms with Crippen LogP contribution in [-0.2, 0) is 22.6 Å². The molecule has 0 bridgehead atoms. The SMILES string of the molecule is CCCNC(=O)[C@H](Cc1ccccc1)N(Cc1ccc(OC)cc1)C(=O)C(C)C. The van der Waals surface area contributed by atoms with E-state index in [1.807, 2.05) is 75.4 Å². The molecule has 156 valence electrons. The molecule has 0 aromatic heterocycles. The summed E-state index contributed by atoms with van der Waals surface area (Å²) in [5, 5.41) is 2.98. The second kappa shape index (κ2) is 11.2. The Morgan fingerprint density at radius 2 is 1.66 bits per heavy atom. The number of hydrogen-bond donors (Lipinski definition) is 1. The number of nitrogens with one attached hydrogen (secondary N) is 1. The van der Waals surface area contributed by atoms with E-state index in [-0.39, 0.29) is 17.7 Å². The second-order valence-electron chi connectivity index (χ2n) is 7.47.